The van der Waals surface area contributed by atoms with Gasteiger partial charge in [-0.25, -0.2) is 4.98 Å². The highest BCUT2D eigenvalue weighted by atomic mass is 16.5. The fraction of sp³-hybridized carbons (Fsp3) is 0.542. The minimum atomic E-state index is -0.335. The first-order valence-corrected chi connectivity index (χ1v) is 11.4. The fourth-order valence-electron chi connectivity index (χ4n) is 3.13. The Bertz CT molecular complexity index is 878. The van der Waals surface area contributed by atoms with Gasteiger partial charge in [0.1, 0.15) is 17.8 Å². The van der Waals surface area contributed by atoms with Crippen molar-refractivity contribution in [2.24, 2.45) is 0 Å². The van der Waals surface area contributed by atoms with Crippen LogP contribution in [0.1, 0.15) is 53.4 Å². The first kappa shape index (κ1) is 27.1. The van der Waals surface area contributed by atoms with Gasteiger partial charge in [-0.3, -0.25) is 9.59 Å². The van der Waals surface area contributed by atoms with E-state index in [2.05, 4.69) is 10.3 Å². The zero-order valence-corrected chi connectivity index (χ0v) is 20.4. The second-order valence-corrected chi connectivity index (χ2v) is 7.31. The molecular formula is C24H35N3O7. The van der Waals surface area contributed by atoms with Crippen molar-refractivity contribution in [3.05, 3.63) is 41.6 Å². The van der Waals surface area contributed by atoms with Gasteiger partial charge in [-0.1, -0.05) is 0 Å². The Balaban J connectivity index is 2.10. The number of oxazole rings is 1. The number of methoxy groups -OCH3 is 2. The second kappa shape index (κ2) is 14.9. The lowest BCUT2D eigenvalue weighted by atomic mass is 10.1. The number of aromatic nitrogens is 1. The predicted octanol–water partition coefficient (Wildman–Crippen LogP) is 2.92. The molecule has 0 unspecified atom stereocenters. The van der Waals surface area contributed by atoms with Crippen LogP contribution in [0.15, 0.2) is 28.9 Å². The number of amides is 2. The van der Waals surface area contributed by atoms with Crippen LogP contribution in [-0.2, 0) is 16.0 Å². The molecule has 1 aromatic heterocycles. The van der Waals surface area contributed by atoms with Crippen molar-refractivity contribution >= 4 is 11.8 Å². The third kappa shape index (κ3) is 8.68. The van der Waals surface area contributed by atoms with Crippen molar-refractivity contribution in [1.29, 1.82) is 0 Å². The molecule has 0 aliphatic heterocycles. The molecule has 188 valence electrons. The van der Waals surface area contributed by atoms with Crippen LogP contribution >= 0.6 is 0 Å². The molecule has 1 heterocycles. The van der Waals surface area contributed by atoms with Crippen molar-refractivity contribution in [1.82, 2.24) is 15.2 Å². The maximum atomic E-state index is 13.3. The molecule has 2 amide bonds. The van der Waals surface area contributed by atoms with Crippen molar-refractivity contribution < 1.29 is 33.0 Å². The molecule has 0 bridgehead atoms. The van der Waals surface area contributed by atoms with Gasteiger partial charge in [-0.05, 0) is 38.8 Å². The van der Waals surface area contributed by atoms with E-state index in [0.717, 1.165) is 0 Å². The molecule has 0 spiro atoms. The molecular weight excluding hydrogens is 442 g/mol. The molecule has 0 atom stereocenters. The van der Waals surface area contributed by atoms with E-state index in [4.69, 9.17) is 23.4 Å². The van der Waals surface area contributed by atoms with Crippen molar-refractivity contribution in [3.8, 4) is 11.5 Å². The number of hydrogen-bond acceptors (Lipinski definition) is 8. The van der Waals surface area contributed by atoms with Crippen LogP contribution in [0.5, 0.6) is 11.5 Å². The number of rotatable bonds is 16. The molecule has 2 aromatic rings. The van der Waals surface area contributed by atoms with Crippen molar-refractivity contribution in [2.75, 3.05) is 53.7 Å². The fourth-order valence-corrected chi connectivity index (χ4v) is 3.13. The summed E-state index contributed by atoms with van der Waals surface area (Å²) in [5, 5.41) is 2.78. The van der Waals surface area contributed by atoms with E-state index in [9.17, 15) is 9.59 Å². The van der Waals surface area contributed by atoms with Crippen LogP contribution in [0, 0.1) is 0 Å². The van der Waals surface area contributed by atoms with E-state index in [1.807, 2.05) is 13.8 Å². The zero-order valence-electron chi connectivity index (χ0n) is 20.4. The lowest BCUT2D eigenvalue weighted by Gasteiger charge is -2.22. The predicted molar refractivity (Wildman–Crippen MR) is 125 cm³/mol. The van der Waals surface area contributed by atoms with E-state index in [1.54, 1.807) is 23.1 Å². The topological polar surface area (TPSA) is 112 Å². The van der Waals surface area contributed by atoms with Crippen molar-refractivity contribution in [3.63, 3.8) is 0 Å². The molecule has 0 radical (unpaired) electrons. The Labute approximate surface area is 200 Å². The van der Waals surface area contributed by atoms with Gasteiger partial charge in [0.2, 0.25) is 5.89 Å². The molecule has 34 heavy (non-hydrogen) atoms. The Morgan fingerprint density at radius 3 is 2.26 bits per heavy atom. The van der Waals surface area contributed by atoms with E-state index in [0.29, 0.717) is 69.4 Å². The number of nitrogens with one attached hydrogen (secondary N) is 1. The highest BCUT2D eigenvalue weighted by Gasteiger charge is 2.21. The summed E-state index contributed by atoms with van der Waals surface area (Å²) in [6.07, 6.45) is 2.63. The van der Waals surface area contributed by atoms with Gasteiger partial charge < -0.3 is 33.6 Å². The summed E-state index contributed by atoms with van der Waals surface area (Å²) in [7, 11) is 3.05. The summed E-state index contributed by atoms with van der Waals surface area (Å²) >= 11 is 0. The van der Waals surface area contributed by atoms with Gasteiger partial charge in [0.15, 0.2) is 5.69 Å². The Kier molecular flexibility index (Phi) is 11.9. The number of benzene rings is 1. The van der Waals surface area contributed by atoms with Gasteiger partial charge in [0, 0.05) is 51.1 Å². The molecule has 0 aliphatic carbocycles. The van der Waals surface area contributed by atoms with Crippen LogP contribution in [0.3, 0.4) is 0 Å². The smallest absolute Gasteiger partial charge is 0.273 e. The Hall–Kier alpha value is -3.11. The summed E-state index contributed by atoms with van der Waals surface area (Å²) in [4.78, 5) is 31.5. The van der Waals surface area contributed by atoms with Crippen molar-refractivity contribution in [2.45, 2.75) is 33.2 Å². The number of ether oxygens (including phenoxy) is 4. The normalized spacial score (nSPS) is 10.7. The Morgan fingerprint density at radius 1 is 1.00 bits per heavy atom. The molecule has 1 N–H and O–H groups in total. The molecule has 10 heteroatoms. The first-order valence-electron chi connectivity index (χ1n) is 11.4. The number of carbonyl (C=O) groups is 2. The molecule has 0 fully saturated rings. The molecule has 10 nitrogen and oxygen atoms in total. The highest BCUT2D eigenvalue weighted by molar-refractivity contribution is 5.95. The highest BCUT2D eigenvalue weighted by Crippen LogP contribution is 2.24. The maximum absolute atomic E-state index is 13.3. The minimum Gasteiger partial charge on any atom is -0.497 e. The molecule has 2 rings (SSSR count). The molecule has 0 saturated heterocycles. The summed E-state index contributed by atoms with van der Waals surface area (Å²) in [6.45, 7) is 7.17. The van der Waals surface area contributed by atoms with E-state index < -0.39 is 0 Å². The molecule has 0 saturated carbocycles. The largest absolute Gasteiger partial charge is 0.497 e. The second-order valence-electron chi connectivity index (χ2n) is 7.31. The molecule has 0 aliphatic rings. The zero-order chi connectivity index (χ0) is 24.8. The van der Waals surface area contributed by atoms with Crippen LogP contribution in [0.25, 0.3) is 0 Å². The third-order valence-corrected chi connectivity index (χ3v) is 4.87. The summed E-state index contributed by atoms with van der Waals surface area (Å²) in [5.41, 5.74) is 0.572. The van der Waals surface area contributed by atoms with Crippen LogP contribution in [0.4, 0.5) is 0 Å². The summed E-state index contributed by atoms with van der Waals surface area (Å²) < 4.78 is 26.7. The maximum Gasteiger partial charge on any atom is 0.273 e. The summed E-state index contributed by atoms with van der Waals surface area (Å²) in [5.74, 6) is 0.707. The minimum absolute atomic E-state index is 0.0993. The molecule has 1 aromatic carbocycles. The van der Waals surface area contributed by atoms with Crippen LogP contribution in [0.2, 0.25) is 0 Å². The average molecular weight is 478 g/mol. The van der Waals surface area contributed by atoms with Gasteiger partial charge in [0.25, 0.3) is 11.8 Å². The SMILES string of the molecule is CCOCCCNC(=O)c1coc(CN(CCCOCC)C(=O)c2cc(OC)cc(OC)c2)n1. The van der Waals surface area contributed by atoms with Gasteiger partial charge in [-0.2, -0.15) is 0 Å². The van der Waals surface area contributed by atoms with Gasteiger partial charge in [-0.15, -0.1) is 0 Å². The standard InChI is InChI=1S/C24H35N3O7/c1-5-32-11-7-9-25-23(28)21-17-34-22(26-21)16-27(10-8-12-33-6-2)24(29)18-13-19(30-3)15-20(14-18)31-4/h13-15,17H,5-12,16H2,1-4H3,(H,25,28). The van der Waals surface area contributed by atoms with Crippen LogP contribution in [-0.4, -0.2) is 75.4 Å². The third-order valence-electron chi connectivity index (χ3n) is 4.87. The lowest BCUT2D eigenvalue weighted by molar-refractivity contribution is 0.0695. The first-order chi connectivity index (χ1) is 16.5. The average Bonchev–Trinajstić information content (AvgIpc) is 3.33. The number of nitrogens with zero attached hydrogens (tertiary/aromatic N) is 2. The van der Waals surface area contributed by atoms with E-state index >= 15 is 0 Å². The van der Waals surface area contributed by atoms with Crippen LogP contribution < -0.4 is 14.8 Å². The van der Waals surface area contributed by atoms with E-state index in [1.165, 1.54) is 20.5 Å². The van der Waals surface area contributed by atoms with Gasteiger partial charge in [0.05, 0.1) is 20.8 Å². The number of carbonyl (C=O) groups excluding carboxylic acids is 2. The van der Waals surface area contributed by atoms with E-state index in [-0.39, 0.29) is 29.9 Å². The van der Waals surface area contributed by atoms with Gasteiger partial charge >= 0.3 is 0 Å². The monoisotopic (exact) mass is 477 g/mol. The quantitative estimate of drug-likeness (QED) is 0.367. The Morgan fingerprint density at radius 2 is 1.65 bits per heavy atom. The lowest BCUT2D eigenvalue weighted by Crippen LogP contribution is -2.32. The summed E-state index contributed by atoms with van der Waals surface area (Å²) in [6, 6.07) is 5.00. The number of hydrogen-bond donors (Lipinski definition) is 1.